The summed E-state index contributed by atoms with van der Waals surface area (Å²) >= 11 is 5.35. The smallest absolute Gasteiger partial charge is 0.235 e. The maximum Gasteiger partial charge on any atom is 0.235 e. The Morgan fingerprint density at radius 2 is 2.31 bits per heavy atom. The van der Waals surface area contributed by atoms with Crippen LogP contribution >= 0.6 is 11.6 Å². The average molecular weight is 244 g/mol. The van der Waals surface area contributed by atoms with E-state index >= 15 is 0 Å². The lowest BCUT2D eigenvalue weighted by Crippen LogP contribution is -2.23. The number of aromatic hydroxyl groups is 1. The molecule has 88 valence electrons. The number of halogens is 1. The average Bonchev–Trinajstić information content (AvgIpc) is 2.30. The number of amides is 1. The molecule has 0 aliphatic rings. The van der Waals surface area contributed by atoms with E-state index in [-0.39, 0.29) is 17.5 Å². The Hall–Kier alpha value is -1.42. The molecule has 16 heavy (non-hydrogen) atoms. The minimum atomic E-state index is -0.229. The van der Waals surface area contributed by atoms with Crippen LogP contribution in [-0.2, 0) is 11.3 Å². The lowest BCUT2D eigenvalue weighted by atomic mass is 10.2. The topological polar surface area (TPSA) is 58.6 Å². The molecule has 1 aromatic carbocycles. The number of hydrogen-bond donors (Lipinski definition) is 2. The number of hydrogen-bond acceptors (Lipinski definition) is 3. The standard InChI is InChI=1S/C11H14ClNO3/c1-2-16-10-5-8(3-4-9(10)14)7-13-11(15)6-12/h3-5,14H,2,6-7H2,1H3,(H,13,15). The van der Waals surface area contributed by atoms with Crippen LogP contribution < -0.4 is 10.1 Å². The second kappa shape index (κ2) is 6.23. The summed E-state index contributed by atoms with van der Waals surface area (Å²) in [5, 5.41) is 12.1. The second-order valence-electron chi connectivity index (χ2n) is 3.15. The van der Waals surface area contributed by atoms with E-state index < -0.39 is 0 Å². The molecular formula is C11H14ClNO3. The van der Waals surface area contributed by atoms with Crippen molar-refractivity contribution >= 4 is 17.5 Å². The number of phenols is 1. The molecule has 0 fully saturated rings. The minimum Gasteiger partial charge on any atom is -0.504 e. The molecule has 0 aliphatic heterocycles. The first-order chi connectivity index (χ1) is 7.67. The molecule has 0 heterocycles. The zero-order valence-electron chi connectivity index (χ0n) is 9.00. The quantitative estimate of drug-likeness (QED) is 0.773. The first kappa shape index (κ1) is 12.6. The lowest BCUT2D eigenvalue weighted by molar-refractivity contribution is -0.118. The normalized spacial score (nSPS) is 9.88. The van der Waals surface area contributed by atoms with Gasteiger partial charge in [0.05, 0.1) is 6.61 Å². The summed E-state index contributed by atoms with van der Waals surface area (Å²) in [6, 6.07) is 4.94. The first-order valence-electron chi connectivity index (χ1n) is 4.94. The van der Waals surface area contributed by atoms with Gasteiger partial charge < -0.3 is 15.2 Å². The summed E-state index contributed by atoms with van der Waals surface area (Å²) < 4.78 is 5.22. The molecule has 2 N–H and O–H groups in total. The van der Waals surface area contributed by atoms with Crippen LogP contribution in [0.4, 0.5) is 0 Å². The van der Waals surface area contributed by atoms with E-state index in [2.05, 4.69) is 5.32 Å². The number of ether oxygens (including phenoxy) is 1. The van der Waals surface area contributed by atoms with Crippen LogP contribution in [0.2, 0.25) is 0 Å². The largest absolute Gasteiger partial charge is 0.504 e. The van der Waals surface area contributed by atoms with Gasteiger partial charge in [-0.15, -0.1) is 11.6 Å². The van der Waals surface area contributed by atoms with Gasteiger partial charge in [-0.3, -0.25) is 4.79 Å². The molecule has 0 saturated heterocycles. The van der Waals surface area contributed by atoms with Gasteiger partial charge in [0.25, 0.3) is 0 Å². The fraction of sp³-hybridized carbons (Fsp3) is 0.364. The van der Waals surface area contributed by atoms with Gasteiger partial charge in [0, 0.05) is 6.54 Å². The molecule has 0 aromatic heterocycles. The number of phenolic OH excluding ortho intramolecular Hbond substituents is 1. The molecule has 0 unspecified atom stereocenters. The number of nitrogens with one attached hydrogen (secondary N) is 1. The van der Waals surface area contributed by atoms with E-state index in [1.807, 2.05) is 6.92 Å². The van der Waals surface area contributed by atoms with Crippen LogP contribution in [-0.4, -0.2) is 23.5 Å². The molecule has 1 amide bonds. The third-order valence-electron chi connectivity index (χ3n) is 1.94. The van der Waals surface area contributed by atoms with Crippen LogP contribution in [0.1, 0.15) is 12.5 Å². The Morgan fingerprint density at radius 3 is 2.94 bits per heavy atom. The molecule has 0 bridgehead atoms. The van der Waals surface area contributed by atoms with Crippen LogP contribution in [0.25, 0.3) is 0 Å². The van der Waals surface area contributed by atoms with Crippen LogP contribution in [0.15, 0.2) is 18.2 Å². The van der Waals surface area contributed by atoms with Gasteiger partial charge in [-0.05, 0) is 24.6 Å². The Bertz CT molecular complexity index is 368. The third-order valence-corrected chi connectivity index (χ3v) is 2.18. The van der Waals surface area contributed by atoms with E-state index in [9.17, 15) is 9.90 Å². The zero-order valence-corrected chi connectivity index (χ0v) is 9.75. The van der Waals surface area contributed by atoms with Crippen molar-refractivity contribution in [3.8, 4) is 11.5 Å². The molecular weight excluding hydrogens is 230 g/mol. The fourth-order valence-electron chi connectivity index (χ4n) is 1.19. The fourth-order valence-corrected chi connectivity index (χ4v) is 1.28. The molecule has 4 nitrogen and oxygen atoms in total. The highest BCUT2D eigenvalue weighted by Gasteiger charge is 2.04. The van der Waals surface area contributed by atoms with Crippen LogP contribution in [0.5, 0.6) is 11.5 Å². The van der Waals surface area contributed by atoms with E-state index in [1.165, 1.54) is 6.07 Å². The number of carbonyl (C=O) groups is 1. The van der Waals surface area contributed by atoms with Crippen molar-refractivity contribution in [2.45, 2.75) is 13.5 Å². The summed E-state index contributed by atoms with van der Waals surface area (Å²) in [5.74, 6) is 0.221. The molecule has 0 aliphatic carbocycles. The van der Waals surface area contributed by atoms with Gasteiger partial charge in [0.1, 0.15) is 5.88 Å². The van der Waals surface area contributed by atoms with Crippen molar-refractivity contribution in [1.29, 1.82) is 0 Å². The molecule has 1 aromatic rings. The van der Waals surface area contributed by atoms with Crippen molar-refractivity contribution < 1.29 is 14.6 Å². The van der Waals surface area contributed by atoms with Gasteiger partial charge >= 0.3 is 0 Å². The summed E-state index contributed by atoms with van der Waals surface area (Å²) in [6.07, 6.45) is 0. The van der Waals surface area contributed by atoms with Gasteiger partial charge in [0.2, 0.25) is 5.91 Å². The number of benzene rings is 1. The van der Waals surface area contributed by atoms with Crippen molar-refractivity contribution in [1.82, 2.24) is 5.32 Å². The highest BCUT2D eigenvalue weighted by molar-refractivity contribution is 6.27. The number of alkyl halides is 1. The minimum absolute atomic E-state index is 0.0591. The second-order valence-corrected chi connectivity index (χ2v) is 3.41. The van der Waals surface area contributed by atoms with Crippen molar-refractivity contribution in [3.05, 3.63) is 23.8 Å². The predicted octanol–water partition coefficient (Wildman–Crippen LogP) is 1.65. The van der Waals surface area contributed by atoms with E-state index in [1.54, 1.807) is 12.1 Å². The summed E-state index contributed by atoms with van der Waals surface area (Å²) in [7, 11) is 0. The lowest BCUT2D eigenvalue weighted by Gasteiger charge is -2.08. The van der Waals surface area contributed by atoms with E-state index in [0.29, 0.717) is 18.9 Å². The molecule has 0 atom stereocenters. The molecule has 0 spiro atoms. The number of carbonyl (C=O) groups excluding carboxylic acids is 1. The van der Waals surface area contributed by atoms with Gasteiger partial charge in [-0.25, -0.2) is 0 Å². The zero-order chi connectivity index (χ0) is 12.0. The van der Waals surface area contributed by atoms with Crippen LogP contribution in [0, 0.1) is 0 Å². The van der Waals surface area contributed by atoms with Crippen LogP contribution in [0.3, 0.4) is 0 Å². The SMILES string of the molecule is CCOc1cc(CNC(=O)CCl)ccc1O. The molecule has 1 rings (SSSR count). The maximum absolute atomic E-state index is 10.9. The van der Waals surface area contributed by atoms with Gasteiger partial charge in [0.15, 0.2) is 11.5 Å². The molecule has 0 saturated carbocycles. The Labute approximate surface area is 99.2 Å². The van der Waals surface area contributed by atoms with E-state index in [0.717, 1.165) is 5.56 Å². The van der Waals surface area contributed by atoms with Crippen molar-refractivity contribution in [2.24, 2.45) is 0 Å². The van der Waals surface area contributed by atoms with Gasteiger partial charge in [-0.1, -0.05) is 6.07 Å². The monoisotopic (exact) mass is 243 g/mol. The summed E-state index contributed by atoms with van der Waals surface area (Å²) in [6.45, 7) is 2.68. The first-order valence-corrected chi connectivity index (χ1v) is 5.48. The van der Waals surface area contributed by atoms with Gasteiger partial charge in [-0.2, -0.15) is 0 Å². The Morgan fingerprint density at radius 1 is 1.56 bits per heavy atom. The summed E-state index contributed by atoms with van der Waals surface area (Å²) in [4.78, 5) is 10.9. The third kappa shape index (κ3) is 3.62. The number of rotatable bonds is 5. The highest BCUT2D eigenvalue weighted by atomic mass is 35.5. The van der Waals surface area contributed by atoms with Crippen molar-refractivity contribution in [3.63, 3.8) is 0 Å². The van der Waals surface area contributed by atoms with E-state index in [4.69, 9.17) is 16.3 Å². The Kier molecular flexibility index (Phi) is 4.92. The highest BCUT2D eigenvalue weighted by Crippen LogP contribution is 2.26. The molecule has 5 heteroatoms. The molecule has 0 radical (unpaired) electrons. The predicted molar refractivity (Wildman–Crippen MR) is 61.8 cm³/mol. The van der Waals surface area contributed by atoms with Crippen molar-refractivity contribution in [2.75, 3.05) is 12.5 Å². The maximum atomic E-state index is 10.9. The Balaban J connectivity index is 2.67. The summed E-state index contributed by atoms with van der Waals surface area (Å²) in [5.41, 5.74) is 0.847.